The molecular formula is C27H26ClN7O8. The predicted octanol–water partition coefficient (Wildman–Crippen LogP) is 0.744. The smallest absolute Gasteiger partial charge is 0.348 e. The molecule has 224 valence electrons. The Hall–Kier alpha value is -4.85. The largest absolute Gasteiger partial charge is 0.479 e. The fraction of sp³-hybridized carbons (Fsp3) is 0.259. The number of aliphatic carboxylic acids is 2. The van der Waals surface area contributed by atoms with Gasteiger partial charge in [0.05, 0.1) is 19.5 Å². The molecule has 0 saturated heterocycles. The van der Waals surface area contributed by atoms with Crippen molar-refractivity contribution in [2.24, 2.45) is 0 Å². The number of terminal acetylenes is 1. The number of hydrogen-bond donors (Lipinski definition) is 6. The van der Waals surface area contributed by atoms with Crippen LogP contribution in [0.2, 0.25) is 5.28 Å². The van der Waals surface area contributed by atoms with Gasteiger partial charge in [-0.1, -0.05) is 30.2 Å². The van der Waals surface area contributed by atoms with Gasteiger partial charge in [0.1, 0.15) is 17.4 Å². The van der Waals surface area contributed by atoms with Gasteiger partial charge in [0.2, 0.25) is 5.28 Å². The van der Waals surface area contributed by atoms with Gasteiger partial charge in [-0.05, 0) is 34.9 Å². The number of aliphatic hydroxyl groups excluding tert-OH is 2. The van der Waals surface area contributed by atoms with E-state index in [4.69, 9.17) is 39.0 Å². The molecule has 1 aromatic carbocycles. The minimum Gasteiger partial charge on any atom is -0.479 e. The van der Waals surface area contributed by atoms with E-state index in [9.17, 15) is 30.0 Å². The summed E-state index contributed by atoms with van der Waals surface area (Å²) in [5.41, 5.74) is 10.8. The number of aromatic nitrogens is 5. The number of carboxylic acid groups (broad SMARTS) is 2. The molecule has 0 fully saturated rings. The molecule has 0 saturated carbocycles. The first kappa shape index (κ1) is 31.1. The van der Waals surface area contributed by atoms with Gasteiger partial charge in [0.25, 0.3) is 5.60 Å². The topological polar surface area (TPSA) is 242 Å². The fourth-order valence-electron chi connectivity index (χ4n) is 4.21. The highest BCUT2D eigenvalue weighted by molar-refractivity contribution is 6.28. The Labute approximate surface area is 248 Å². The number of aliphatic hydroxyl groups is 2. The molecule has 43 heavy (non-hydrogen) atoms. The molecule has 3 aromatic heterocycles. The van der Waals surface area contributed by atoms with E-state index in [2.05, 4.69) is 25.9 Å². The highest BCUT2D eigenvalue weighted by Gasteiger charge is 2.49. The number of hydrogen-bond acceptors (Lipinski definition) is 12. The maximum atomic E-state index is 12.3. The third-order valence-electron chi connectivity index (χ3n) is 6.43. The molecule has 3 atom stereocenters. The highest BCUT2D eigenvalue weighted by Crippen LogP contribution is 2.28. The lowest BCUT2D eigenvalue weighted by Gasteiger charge is -2.30. The number of carboxylic acids is 2. The summed E-state index contributed by atoms with van der Waals surface area (Å²) in [5, 5.41) is 40.3. The van der Waals surface area contributed by atoms with E-state index < -0.39 is 55.6 Å². The zero-order valence-electron chi connectivity index (χ0n) is 22.2. The van der Waals surface area contributed by atoms with Gasteiger partial charge < -0.3 is 41.4 Å². The second-order valence-corrected chi connectivity index (χ2v) is 9.54. The van der Waals surface area contributed by atoms with Crippen molar-refractivity contribution in [3.63, 3.8) is 0 Å². The summed E-state index contributed by atoms with van der Waals surface area (Å²) in [6.07, 6.45) is 3.06. The zero-order chi connectivity index (χ0) is 31.3. The molecule has 4 aromatic rings. The van der Waals surface area contributed by atoms with E-state index in [-0.39, 0.29) is 28.1 Å². The van der Waals surface area contributed by atoms with E-state index in [1.807, 2.05) is 0 Å². The van der Waals surface area contributed by atoms with Gasteiger partial charge in [-0.25, -0.2) is 19.6 Å². The van der Waals surface area contributed by atoms with Crippen LogP contribution in [-0.4, -0.2) is 87.9 Å². The number of rotatable bonds is 13. The van der Waals surface area contributed by atoms with Gasteiger partial charge in [-0.2, -0.15) is 9.97 Å². The van der Waals surface area contributed by atoms with Gasteiger partial charge in [-0.15, -0.1) is 6.42 Å². The maximum absolute atomic E-state index is 12.3. The molecule has 0 aliphatic carbocycles. The molecule has 0 unspecified atom stereocenters. The van der Waals surface area contributed by atoms with Gasteiger partial charge in [0, 0.05) is 18.2 Å². The molecule has 0 aliphatic heterocycles. The van der Waals surface area contributed by atoms with Crippen molar-refractivity contribution in [3.8, 4) is 23.5 Å². The standard InChI is InChI=1S/C27H26ClN7O8/c1-2-18(37)23(35-13-32-19-21(30)33-26(28)34-22(19)35)43-16(11-36)12-42-27(24(38)39,25(40)41)10-14-5-7-15(8-6-14)17-4-3-9-31-20(17)29/h1,3-9,13,16,18,23,36-37H,10-12H2,(H2,29,31)(H,38,39)(H,40,41)(H2,30,33,34)/t16-,18+,23+/m0/s1. The predicted molar refractivity (Wildman–Crippen MR) is 152 cm³/mol. The molecule has 8 N–H and O–H groups in total. The Kier molecular flexibility index (Phi) is 9.39. The third-order valence-corrected chi connectivity index (χ3v) is 6.60. The Morgan fingerprint density at radius 3 is 2.40 bits per heavy atom. The van der Waals surface area contributed by atoms with Crippen molar-refractivity contribution >= 4 is 46.3 Å². The SMILES string of the molecule is C#C[C@@H](O)[C@@H](O[C@@H](CO)COC(Cc1ccc(-c2cccnc2N)cc1)(C(=O)O)C(=O)O)n1cnc2c(N)nc(Cl)nc21. The van der Waals surface area contributed by atoms with Crippen LogP contribution >= 0.6 is 11.6 Å². The number of pyridine rings is 1. The molecule has 0 spiro atoms. The molecule has 0 aliphatic rings. The van der Waals surface area contributed by atoms with Crippen LogP contribution in [0.15, 0.2) is 48.9 Å². The molecule has 16 heteroatoms. The Morgan fingerprint density at radius 2 is 1.79 bits per heavy atom. The molecular weight excluding hydrogens is 586 g/mol. The molecule has 15 nitrogen and oxygen atoms in total. The highest BCUT2D eigenvalue weighted by atomic mass is 35.5. The third kappa shape index (κ3) is 6.48. The fourth-order valence-corrected chi connectivity index (χ4v) is 4.38. The van der Waals surface area contributed by atoms with Crippen molar-refractivity contribution in [2.75, 3.05) is 24.7 Å². The number of nitrogen functional groups attached to an aromatic ring is 2. The normalized spacial score (nSPS) is 13.7. The number of nitrogens with zero attached hydrogens (tertiary/aromatic N) is 5. The van der Waals surface area contributed by atoms with Gasteiger partial charge in [-0.3, -0.25) is 4.57 Å². The van der Waals surface area contributed by atoms with Crippen molar-refractivity contribution in [2.45, 2.75) is 30.5 Å². The number of benzene rings is 1. The summed E-state index contributed by atoms with van der Waals surface area (Å²) >= 11 is 5.91. The Bertz CT molecular complexity index is 1660. The number of anilines is 2. The molecule has 0 radical (unpaired) electrons. The van der Waals surface area contributed by atoms with Crippen LogP contribution < -0.4 is 11.5 Å². The Morgan fingerprint density at radius 1 is 1.09 bits per heavy atom. The van der Waals surface area contributed by atoms with Crippen molar-refractivity contribution in [3.05, 3.63) is 59.8 Å². The number of nitrogens with two attached hydrogens (primary N) is 2. The van der Waals surface area contributed by atoms with Crippen molar-refractivity contribution in [1.82, 2.24) is 24.5 Å². The van der Waals surface area contributed by atoms with Crippen molar-refractivity contribution < 1.29 is 39.5 Å². The number of imidazole rings is 1. The maximum Gasteiger partial charge on any atom is 0.348 e. The van der Waals surface area contributed by atoms with Gasteiger partial charge in [0.15, 0.2) is 23.8 Å². The van der Waals surface area contributed by atoms with Gasteiger partial charge >= 0.3 is 11.9 Å². The average molecular weight is 612 g/mol. The Balaban J connectivity index is 1.57. The van der Waals surface area contributed by atoms with E-state index in [0.29, 0.717) is 16.7 Å². The lowest BCUT2D eigenvalue weighted by atomic mass is 9.93. The number of carbonyl (C=O) groups is 2. The molecule has 4 rings (SSSR count). The summed E-state index contributed by atoms with van der Waals surface area (Å²) in [5.74, 6) is -1.27. The average Bonchev–Trinajstić information content (AvgIpc) is 3.40. The summed E-state index contributed by atoms with van der Waals surface area (Å²) in [6, 6.07) is 9.80. The first-order chi connectivity index (χ1) is 20.5. The lowest BCUT2D eigenvalue weighted by molar-refractivity contribution is -0.195. The van der Waals surface area contributed by atoms with Crippen LogP contribution in [0, 0.1) is 12.3 Å². The van der Waals surface area contributed by atoms with E-state index >= 15 is 0 Å². The van der Waals surface area contributed by atoms with Crippen LogP contribution in [0.3, 0.4) is 0 Å². The number of ether oxygens (including phenoxy) is 2. The first-order valence-electron chi connectivity index (χ1n) is 12.5. The summed E-state index contributed by atoms with van der Waals surface area (Å²) < 4.78 is 12.4. The summed E-state index contributed by atoms with van der Waals surface area (Å²) in [6.45, 7) is -1.52. The number of halogens is 1. The monoisotopic (exact) mass is 611 g/mol. The second kappa shape index (κ2) is 13.0. The van der Waals surface area contributed by atoms with Crippen LogP contribution in [0.25, 0.3) is 22.3 Å². The number of fused-ring (bicyclic) bond motifs is 1. The molecule has 0 amide bonds. The summed E-state index contributed by atoms with van der Waals surface area (Å²) in [4.78, 5) is 40.6. The quantitative estimate of drug-likeness (QED) is 0.0694. The second-order valence-electron chi connectivity index (χ2n) is 9.20. The lowest BCUT2D eigenvalue weighted by Crippen LogP contribution is -2.52. The minimum atomic E-state index is -2.78. The van der Waals surface area contributed by atoms with E-state index in [1.165, 1.54) is 29.2 Å². The van der Waals surface area contributed by atoms with E-state index in [1.54, 1.807) is 24.3 Å². The van der Waals surface area contributed by atoms with Crippen LogP contribution in [-0.2, 0) is 25.5 Å². The minimum absolute atomic E-state index is 0.0383. The zero-order valence-corrected chi connectivity index (χ0v) is 23.0. The van der Waals surface area contributed by atoms with Crippen molar-refractivity contribution in [1.29, 1.82) is 0 Å². The first-order valence-corrected chi connectivity index (χ1v) is 12.8. The van der Waals surface area contributed by atoms with Crippen LogP contribution in [0.5, 0.6) is 0 Å². The summed E-state index contributed by atoms with van der Waals surface area (Å²) in [7, 11) is 0. The molecule has 3 heterocycles. The molecule has 0 bridgehead atoms. The van der Waals surface area contributed by atoms with Crippen LogP contribution in [0.4, 0.5) is 11.6 Å². The van der Waals surface area contributed by atoms with E-state index in [0.717, 1.165) is 0 Å². The van der Waals surface area contributed by atoms with Crippen LogP contribution in [0.1, 0.15) is 11.8 Å².